The van der Waals surface area contributed by atoms with Gasteiger partial charge in [0, 0.05) is 24.4 Å². The van der Waals surface area contributed by atoms with Gasteiger partial charge in [-0.2, -0.15) is 5.10 Å². The Balaban J connectivity index is 1.51. The first-order valence-corrected chi connectivity index (χ1v) is 13.3. The molecule has 0 aliphatic carbocycles. The molecular formula is C25H30ClN7O2S. The van der Waals surface area contributed by atoms with Crippen LogP contribution in [0.4, 0.5) is 5.82 Å². The number of halogens is 1. The number of benzene rings is 1. The molecule has 0 fully saturated rings. The number of hydrogen-bond acceptors (Lipinski definition) is 8. The molecule has 0 atom stereocenters. The Morgan fingerprint density at radius 3 is 2.81 bits per heavy atom. The number of carbonyl (C=O) groups is 1. The molecule has 1 aromatic carbocycles. The summed E-state index contributed by atoms with van der Waals surface area (Å²) in [5.74, 6) is 2.34. The number of aromatic nitrogens is 5. The van der Waals surface area contributed by atoms with Crippen molar-refractivity contribution in [2.75, 3.05) is 24.2 Å². The fourth-order valence-electron chi connectivity index (χ4n) is 3.63. The molecule has 3 aromatic heterocycles. The number of anilines is 1. The zero-order valence-electron chi connectivity index (χ0n) is 20.8. The van der Waals surface area contributed by atoms with Crippen LogP contribution in [0.3, 0.4) is 0 Å². The first-order chi connectivity index (χ1) is 17.4. The highest BCUT2D eigenvalue weighted by molar-refractivity contribution is 7.99. The van der Waals surface area contributed by atoms with E-state index in [0.29, 0.717) is 51.8 Å². The number of hydrogen-bond donors (Lipinski definition) is 2. The SMILES string of the molecule is CCCSc1nc(NCC(C)C)c2cnn(CCNC(=O)c3c(-c4ccccc4Cl)noc3C)c2n1. The fourth-order valence-corrected chi connectivity index (χ4v) is 4.55. The second-order valence-electron chi connectivity index (χ2n) is 8.78. The van der Waals surface area contributed by atoms with Gasteiger partial charge in [0.1, 0.15) is 22.8 Å². The van der Waals surface area contributed by atoms with Crippen LogP contribution in [0.15, 0.2) is 40.1 Å². The minimum absolute atomic E-state index is 0.284. The second-order valence-corrected chi connectivity index (χ2v) is 10.3. The summed E-state index contributed by atoms with van der Waals surface area (Å²) in [5.41, 5.74) is 2.18. The maximum atomic E-state index is 13.1. The summed E-state index contributed by atoms with van der Waals surface area (Å²) in [6.45, 7) is 9.73. The van der Waals surface area contributed by atoms with Gasteiger partial charge in [-0.3, -0.25) is 4.79 Å². The zero-order valence-corrected chi connectivity index (χ0v) is 22.4. The van der Waals surface area contributed by atoms with Gasteiger partial charge in [0.2, 0.25) is 0 Å². The molecule has 11 heteroatoms. The topological polar surface area (TPSA) is 111 Å². The van der Waals surface area contributed by atoms with Gasteiger partial charge < -0.3 is 15.2 Å². The first-order valence-electron chi connectivity index (χ1n) is 12.0. The van der Waals surface area contributed by atoms with Crippen molar-refractivity contribution in [2.45, 2.75) is 45.8 Å². The quantitative estimate of drug-likeness (QED) is 0.196. The molecule has 9 nitrogen and oxygen atoms in total. The van der Waals surface area contributed by atoms with Crippen LogP contribution in [-0.2, 0) is 6.54 Å². The molecule has 0 bridgehead atoms. The highest BCUT2D eigenvalue weighted by atomic mass is 35.5. The third-order valence-electron chi connectivity index (χ3n) is 5.42. The van der Waals surface area contributed by atoms with E-state index in [9.17, 15) is 4.79 Å². The van der Waals surface area contributed by atoms with Crippen LogP contribution >= 0.6 is 23.4 Å². The van der Waals surface area contributed by atoms with Crippen molar-refractivity contribution in [2.24, 2.45) is 5.92 Å². The molecule has 4 aromatic rings. The number of thioether (sulfide) groups is 1. The van der Waals surface area contributed by atoms with Crippen molar-refractivity contribution >= 4 is 46.1 Å². The van der Waals surface area contributed by atoms with Gasteiger partial charge in [-0.1, -0.05) is 67.5 Å². The number of aryl methyl sites for hydroxylation is 1. The Bertz CT molecular complexity index is 1350. The van der Waals surface area contributed by atoms with E-state index >= 15 is 0 Å². The van der Waals surface area contributed by atoms with Crippen molar-refractivity contribution in [3.05, 3.63) is 46.8 Å². The number of rotatable bonds is 11. The van der Waals surface area contributed by atoms with Crippen LogP contribution in [0.2, 0.25) is 5.02 Å². The Labute approximate surface area is 219 Å². The molecule has 0 aliphatic rings. The number of nitrogens with one attached hydrogen (secondary N) is 2. The van der Waals surface area contributed by atoms with Gasteiger partial charge in [-0.25, -0.2) is 14.6 Å². The summed E-state index contributed by atoms with van der Waals surface area (Å²) in [7, 11) is 0. The molecule has 0 unspecified atom stereocenters. The van der Waals surface area contributed by atoms with Crippen molar-refractivity contribution in [3.8, 4) is 11.3 Å². The highest BCUT2D eigenvalue weighted by Crippen LogP contribution is 2.31. The predicted octanol–water partition coefficient (Wildman–Crippen LogP) is 5.44. The lowest BCUT2D eigenvalue weighted by atomic mass is 10.1. The number of fused-ring (bicyclic) bond motifs is 1. The van der Waals surface area contributed by atoms with Crippen LogP contribution < -0.4 is 10.6 Å². The minimum atomic E-state index is -0.284. The molecule has 0 radical (unpaired) electrons. The molecule has 2 N–H and O–H groups in total. The van der Waals surface area contributed by atoms with Gasteiger partial charge in [0.25, 0.3) is 5.91 Å². The standard InChI is InChI=1S/C25H30ClN7O2S/c1-5-12-36-25-30-22(28-13-15(2)3)18-14-29-33(23(18)31-25)11-10-27-24(34)20-16(4)35-32-21(20)17-8-6-7-9-19(17)26/h6-9,14-15H,5,10-13H2,1-4H3,(H,27,34)(H,28,30,31). The van der Waals surface area contributed by atoms with E-state index in [4.69, 9.17) is 26.1 Å². The summed E-state index contributed by atoms with van der Waals surface area (Å²) in [5, 5.41) is 17.1. The summed E-state index contributed by atoms with van der Waals surface area (Å²) < 4.78 is 7.12. The molecule has 0 spiro atoms. The molecular weight excluding hydrogens is 498 g/mol. The summed E-state index contributed by atoms with van der Waals surface area (Å²) in [6.07, 6.45) is 2.80. The van der Waals surface area contributed by atoms with Crippen LogP contribution in [-0.4, -0.2) is 49.7 Å². The summed E-state index contributed by atoms with van der Waals surface area (Å²) in [4.78, 5) is 22.5. The van der Waals surface area contributed by atoms with Crippen LogP contribution in [0.1, 0.15) is 43.3 Å². The van der Waals surface area contributed by atoms with Crippen molar-refractivity contribution in [3.63, 3.8) is 0 Å². The van der Waals surface area contributed by atoms with Crippen molar-refractivity contribution < 1.29 is 9.32 Å². The van der Waals surface area contributed by atoms with E-state index in [2.05, 4.69) is 41.7 Å². The number of carbonyl (C=O) groups excluding carboxylic acids is 1. The summed E-state index contributed by atoms with van der Waals surface area (Å²) >= 11 is 7.95. The van der Waals surface area contributed by atoms with E-state index < -0.39 is 0 Å². The predicted molar refractivity (Wildman–Crippen MR) is 144 cm³/mol. The molecule has 3 heterocycles. The Morgan fingerprint density at radius 1 is 1.25 bits per heavy atom. The van der Waals surface area contributed by atoms with Crippen LogP contribution in [0.25, 0.3) is 22.3 Å². The molecule has 4 rings (SSSR count). The monoisotopic (exact) mass is 527 g/mol. The van der Waals surface area contributed by atoms with Crippen molar-refractivity contribution in [1.82, 2.24) is 30.2 Å². The Kier molecular flexibility index (Phi) is 8.48. The molecule has 0 aliphatic heterocycles. The van der Waals surface area contributed by atoms with Gasteiger partial charge in [0.05, 0.1) is 23.2 Å². The summed E-state index contributed by atoms with van der Waals surface area (Å²) in [6, 6.07) is 7.23. The fraction of sp³-hybridized carbons (Fsp3) is 0.400. The lowest BCUT2D eigenvalue weighted by Crippen LogP contribution is -2.28. The van der Waals surface area contributed by atoms with E-state index in [1.807, 2.05) is 18.2 Å². The van der Waals surface area contributed by atoms with E-state index in [1.54, 1.807) is 35.6 Å². The van der Waals surface area contributed by atoms with E-state index in [0.717, 1.165) is 35.6 Å². The first kappa shape index (κ1) is 26.0. The van der Waals surface area contributed by atoms with Crippen LogP contribution in [0, 0.1) is 12.8 Å². The molecule has 36 heavy (non-hydrogen) atoms. The molecule has 190 valence electrons. The Morgan fingerprint density at radius 2 is 2.06 bits per heavy atom. The minimum Gasteiger partial charge on any atom is -0.369 e. The Hall–Kier alpha value is -3.11. The average Bonchev–Trinajstić information content (AvgIpc) is 3.44. The smallest absolute Gasteiger partial charge is 0.257 e. The zero-order chi connectivity index (χ0) is 25.7. The van der Waals surface area contributed by atoms with Crippen molar-refractivity contribution in [1.29, 1.82) is 0 Å². The largest absolute Gasteiger partial charge is 0.369 e. The lowest BCUT2D eigenvalue weighted by Gasteiger charge is -2.11. The third kappa shape index (κ3) is 5.82. The maximum Gasteiger partial charge on any atom is 0.257 e. The molecule has 1 amide bonds. The third-order valence-corrected chi connectivity index (χ3v) is 6.80. The maximum absolute atomic E-state index is 13.1. The second kappa shape index (κ2) is 11.7. The lowest BCUT2D eigenvalue weighted by molar-refractivity contribution is 0.0951. The average molecular weight is 528 g/mol. The highest BCUT2D eigenvalue weighted by Gasteiger charge is 2.23. The van der Waals surface area contributed by atoms with E-state index in [1.165, 1.54) is 0 Å². The van der Waals surface area contributed by atoms with Crippen LogP contribution in [0.5, 0.6) is 0 Å². The molecule has 0 saturated heterocycles. The van der Waals surface area contributed by atoms with Gasteiger partial charge >= 0.3 is 0 Å². The normalized spacial score (nSPS) is 11.4. The molecule has 0 saturated carbocycles. The van der Waals surface area contributed by atoms with E-state index in [-0.39, 0.29) is 5.91 Å². The van der Waals surface area contributed by atoms with Gasteiger partial charge in [-0.05, 0) is 25.3 Å². The van der Waals surface area contributed by atoms with Gasteiger partial charge in [0.15, 0.2) is 10.8 Å². The van der Waals surface area contributed by atoms with Gasteiger partial charge in [-0.15, -0.1) is 0 Å². The number of amides is 1. The number of nitrogens with zero attached hydrogens (tertiary/aromatic N) is 5.